The number of nitrogens with zero attached hydrogens (tertiary/aromatic N) is 4. The molecular weight excluding hydrogens is 377 g/mol. The summed E-state index contributed by atoms with van der Waals surface area (Å²) in [5.41, 5.74) is 2.45. The van der Waals surface area contributed by atoms with Crippen molar-refractivity contribution in [1.82, 2.24) is 35.3 Å². The number of rotatable bonds is 6. The van der Waals surface area contributed by atoms with Gasteiger partial charge in [-0.2, -0.15) is 5.10 Å². The number of H-pyrrole nitrogens is 1. The highest BCUT2D eigenvalue weighted by Crippen LogP contribution is 2.17. The molecule has 10 heteroatoms. The van der Waals surface area contributed by atoms with Crippen LogP contribution in [-0.2, 0) is 13.1 Å². The van der Waals surface area contributed by atoms with Crippen molar-refractivity contribution in [3.05, 3.63) is 47.3 Å². The van der Waals surface area contributed by atoms with Crippen LogP contribution < -0.4 is 10.6 Å². The van der Waals surface area contributed by atoms with E-state index in [9.17, 15) is 14.0 Å². The molecule has 9 nitrogen and oxygen atoms in total. The molecule has 3 aromatic rings. The average molecular weight is 399 g/mol. The van der Waals surface area contributed by atoms with Crippen molar-refractivity contribution in [2.75, 3.05) is 13.1 Å². The second-order valence-electron chi connectivity index (χ2n) is 7.25. The zero-order chi connectivity index (χ0) is 20.5. The molecule has 2 aromatic heterocycles. The van der Waals surface area contributed by atoms with E-state index < -0.39 is 11.7 Å². The molecule has 0 spiro atoms. The Labute approximate surface area is 166 Å². The fourth-order valence-electron chi connectivity index (χ4n) is 3.37. The molecule has 1 aliphatic heterocycles. The summed E-state index contributed by atoms with van der Waals surface area (Å²) in [6.07, 6.45) is 1.04. The highest BCUT2D eigenvalue weighted by molar-refractivity contribution is 5.92. The van der Waals surface area contributed by atoms with Crippen molar-refractivity contribution in [2.24, 2.45) is 0 Å². The van der Waals surface area contributed by atoms with Crippen molar-refractivity contribution in [1.29, 1.82) is 0 Å². The SMILES string of the molecule is CC(C)n1ncc(F)c1C(=O)NCc1nc2ccc(CN3CCNC3=O)cc2[nH]1. The molecular formula is C19H22FN7O2. The largest absolute Gasteiger partial charge is 0.343 e. The molecule has 1 saturated heterocycles. The summed E-state index contributed by atoms with van der Waals surface area (Å²) in [5, 5.41) is 9.37. The average Bonchev–Trinajstić information content (AvgIpc) is 3.38. The molecule has 0 saturated carbocycles. The summed E-state index contributed by atoms with van der Waals surface area (Å²) < 4.78 is 15.3. The highest BCUT2D eigenvalue weighted by atomic mass is 19.1. The van der Waals surface area contributed by atoms with Gasteiger partial charge in [0.2, 0.25) is 0 Å². The quantitative estimate of drug-likeness (QED) is 0.589. The summed E-state index contributed by atoms with van der Waals surface area (Å²) in [7, 11) is 0. The first-order chi connectivity index (χ1) is 13.9. The van der Waals surface area contributed by atoms with E-state index >= 15 is 0 Å². The van der Waals surface area contributed by atoms with E-state index in [2.05, 4.69) is 25.7 Å². The van der Waals surface area contributed by atoms with Crippen LogP contribution in [-0.4, -0.2) is 49.7 Å². The Hall–Kier alpha value is -3.43. The van der Waals surface area contributed by atoms with Gasteiger partial charge in [0, 0.05) is 25.7 Å². The van der Waals surface area contributed by atoms with Crippen molar-refractivity contribution < 1.29 is 14.0 Å². The van der Waals surface area contributed by atoms with Gasteiger partial charge in [-0.05, 0) is 31.5 Å². The maximum Gasteiger partial charge on any atom is 0.317 e. The van der Waals surface area contributed by atoms with Gasteiger partial charge in [-0.3, -0.25) is 9.48 Å². The molecule has 152 valence electrons. The van der Waals surface area contributed by atoms with Gasteiger partial charge in [-0.1, -0.05) is 6.07 Å². The molecule has 4 rings (SSSR count). The van der Waals surface area contributed by atoms with Crippen molar-refractivity contribution in [3.8, 4) is 0 Å². The summed E-state index contributed by atoms with van der Waals surface area (Å²) in [5.74, 6) is -0.647. The topological polar surface area (TPSA) is 108 Å². The van der Waals surface area contributed by atoms with Crippen LogP contribution in [0.1, 0.15) is 41.8 Å². The number of carbonyl (C=O) groups excluding carboxylic acids is 2. The fraction of sp³-hybridized carbons (Fsp3) is 0.368. The Kier molecular flexibility index (Phi) is 4.91. The Morgan fingerprint density at radius 1 is 1.38 bits per heavy atom. The minimum absolute atomic E-state index is 0.0639. The van der Waals surface area contributed by atoms with E-state index in [1.54, 1.807) is 4.90 Å². The monoisotopic (exact) mass is 399 g/mol. The highest BCUT2D eigenvalue weighted by Gasteiger charge is 2.21. The smallest absolute Gasteiger partial charge is 0.317 e. The molecule has 29 heavy (non-hydrogen) atoms. The van der Waals surface area contributed by atoms with E-state index in [1.807, 2.05) is 32.0 Å². The molecule has 0 unspecified atom stereocenters. The Balaban J connectivity index is 1.45. The maximum atomic E-state index is 14.0. The molecule has 0 atom stereocenters. The lowest BCUT2D eigenvalue weighted by Crippen LogP contribution is -2.27. The predicted octanol–water partition coefficient (Wildman–Crippen LogP) is 1.93. The van der Waals surface area contributed by atoms with E-state index in [4.69, 9.17) is 0 Å². The van der Waals surface area contributed by atoms with Crippen LogP contribution in [0.2, 0.25) is 0 Å². The number of hydrogen-bond acceptors (Lipinski definition) is 4. The summed E-state index contributed by atoms with van der Waals surface area (Å²) in [6.45, 7) is 5.63. The van der Waals surface area contributed by atoms with E-state index in [1.165, 1.54) is 4.68 Å². The number of carbonyl (C=O) groups is 2. The predicted molar refractivity (Wildman–Crippen MR) is 104 cm³/mol. The first kappa shape index (κ1) is 18.9. The first-order valence-corrected chi connectivity index (χ1v) is 9.44. The zero-order valence-electron chi connectivity index (χ0n) is 16.2. The van der Waals surface area contributed by atoms with Crippen molar-refractivity contribution in [3.63, 3.8) is 0 Å². The van der Waals surface area contributed by atoms with Crippen LogP contribution in [0.5, 0.6) is 0 Å². The van der Waals surface area contributed by atoms with E-state index in [0.717, 1.165) is 22.8 Å². The molecule has 0 aliphatic carbocycles. The van der Waals surface area contributed by atoms with Crippen LogP contribution >= 0.6 is 0 Å². The number of fused-ring (bicyclic) bond motifs is 1. The van der Waals surface area contributed by atoms with Crippen LogP contribution in [0.3, 0.4) is 0 Å². The van der Waals surface area contributed by atoms with Crippen LogP contribution in [0, 0.1) is 5.82 Å². The zero-order valence-corrected chi connectivity index (χ0v) is 16.2. The van der Waals surface area contributed by atoms with Gasteiger partial charge in [0.15, 0.2) is 11.5 Å². The number of urea groups is 1. The lowest BCUT2D eigenvalue weighted by atomic mass is 10.2. The lowest BCUT2D eigenvalue weighted by molar-refractivity contribution is 0.0933. The fourth-order valence-corrected chi connectivity index (χ4v) is 3.37. The summed E-state index contributed by atoms with van der Waals surface area (Å²) >= 11 is 0. The third kappa shape index (κ3) is 3.78. The number of amides is 3. The number of nitrogens with one attached hydrogen (secondary N) is 3. The number of benzene rings is 1. The van der Waals surface area contributed by atoms with Crippen molar-refractivity contribution >= 4 is 23.0 Å². The lowest BCUT2D eigenvalue weighted by Gasteiger charge is -2.13. The van der Waals surface area contributed by atoms with Crippen LogP contribution in [0.4, 0.5) is 9.18 Å². The first-order valence-electron chi connectivity index (χ1n) is 9.44. The molecule has 0 bridgehead atoms. The van der Waals surface area contributed by atoms with Gasteiger partial charge in [0.1, 0.15) is 5.82 Å². The second kappa shape index (κ2) is 7.53. The number of aromatic amines is 1. The Morgan fingerprint density at radius 2 is 2.21 bits per heavy atom. The number of aromatic nitrogens is 4. The standard InChI is InChI=1S/C19H22FN7O2/c1-11(2)27-17(13(20)8-23-27)18(28)22-9-16-24-14-4-3-12(7-15(14)25-16)10-26-6-5-21-19(26)29/h3-4,7-8,11H,5-6,9-10H2,1-2H3,(H,21,29)(H,22,28)(H,24,25). The number of imidazole rings is 1. The van der Waals surface area contributed by atoms with Crippen LogP contribution in [0.15, 0.2) is 24.4 Å². The number of halogens is 1. The summed E-state index contributed by atoms with van der Waals surface area (Å²) in [4.78, 5) is 33.5. The molecule has 3 heterocycles. The maximum absolute atomic E-state index is 14.0. The normalized spacial score (nSPS) is 14.1. The van der Waals surface area contributed by atoms with Gasteiger partial charge < -0.3 is 20.5 Å². The van der Waals surface area contributed by atoms with E-state index in [-0.39, 0.29) is 24.3 Å². The molecule has 0 radical (unpaired) electrons. The van der Waals surface area contributed by atoms with E-state index in [0.29, 0.717) is 25.5 Å². The van der Waals surface area contributed by atoms with Gasteiger partial charge in [-0.25, -0.2) is 14.2 Å². The van der Waals surface area contributed by atoms with Gasteiger partial charge in [0.05, 0.1) is 23.8 Å². The van der Waals surface area contributed by atoms with Gasteiger partial charge in [0.25, 0.3) is 5.91 Å². The number of hydrogen-bond donors (Lipinski definition) is 3. The van der Waals surface area contributed by atoms with Gasteiger partial charge in [-0.15, -0.1) is 0 Å². The summed E-state index contributed by atoms with van der Waals surface area (Å²) in [6, 6.07) is 5.53. The molecule has 3 amide bonds. The molecule has 1 fully saturated rings. The molecule has 1 aromatic carbocycles. The minimum atomic E-state index is -0.656. The molecule has 1 aliphatic rings. The van der Waals surface area contributed by atoms with Crippen molar-refractivity contribution in [2.45, 2.75) is 33.0 Å². The third-order valence-corrected chi connectivity index (χ3v) is 4.79. The van der Waals surface area contributed by atoms with Crippen LogP contribution in [0.25, 0.3) is 11.0 Å². The Bertz CT molecular complexity index is 1070. The second-order valence-corrected chi connectivity index (χ2v) is 7.25. The third-order valence-electron chi connectivity index (χ3n) is 4.79. The minimum Gasteiger partial charge on any atom is -0.343 e. The Morgan fingerprint density at radius 3 is 2.93 bits per heavy atom. The molecule has 3 N–H and O–H groups in total. The van der Waals surface area contributed by atoms with Gasteiger partial charge >= 0.3 is 6.03 Å².